The molecule has 84 valence electrons. The number of nitrogens with zero attached hydrogens (tertiary/aromatic N) is 1. The van der Waals surface area contributed by atoms with E-state index in [1.165, 1.54) is 10.9 Å². The van der Waals surface area contributed by atoms with Gasteiger partial charge in [0, 0.05) is 16.6 Å². The first-order valence-corrected chi connectivity index (χ1v) is 6.01. The number of hydrogen-bond donors (Lipinski definition) is 0. The van der Waals surface area contributed by atoms with Crippen molar-refractivity contribution < 1.29 is 4.39 Å². The molecule has 16 heavy (non-hydrogen) atoms. The largest absolute Gasteiger partial charge is 0.244 e. The number of benzene rings is 1. The van der Waals surface area contributed by atoms with E-state index in [0.717, 1.165) is 5.01 Å². The van der Waals surface area contributed by atoms with Gasteiger partial charge in [-0.3, -0.25) is 0 Å². The van der Waals surface area contributed by atoms with Crippen molar-refractivity contribution in [3.63, 3.8) is 0 Å². The fourth-order valence-electron chi connectivity index (χ4n) is 1.38. The first-order chi connectivity index (χ1) is 7.48. The maximum Gasteiger partial charge on any atom is 0.133 e. The average Bonchev–Trinajstić information content (AvgIpc) is 2.66. The van der Waals surface area contributed by atoms with Crippen molar-refractivity contribution in [3.05, 3.63) is 41.2 Å². The van der Waals surface area contributed by atoms with Gasteiger partial charge in [-0.25, -0.2) is 9.37 Å². The van der Waals surface area contributed by atoms with E-state index in [1.807, 2.05) is 12.3 Å². The highest BCUT2D eigenvalue weighted by Gasteiger charge is 2.18. The second-order valence-corrected chi connectivity index (χ2v) is 5.79. The summed E-state index contributed by atoms with van der Waals surface area (Å²) in [6.45, 7) is 6.39. The SMILES string of the molecule is CC(C)(C)c1cnc(-c2ccccc2F)s1. The van der Waals surface area contributed by atoms with Crippen LogP contribution >= 0.6 is 11.3 Å². The quantitative estimate of drug-likeness (QED) is 0.720. The minimum absolute atomic E-state index is 0.0706. The molecule has 1 aromatic carbocycles. The molecule has 0 fully saturated rings. The average molecular weight is 235 g/mol. The minimum atomic E-state index is -0.211. The Hall–Kier alpha value is -1.22. The van der Waals surface area contributed by atoms with Crippen LogP contribution in [0.25, 0.3) is 10.6 Å². The zero-order valence-electron chi connectivity index (χ0n) is 9.62. The molecule has 2 rings (SSSR count). The molecule has 0 bridgehead atoms. The molecular formula is C13H14FNS. The van der Waals surface area contributed by atoms with Gasteiger partial charge in [0.1, 0.15) is 10.8 Å². The molecule has 0 amide bonds. The number of rotatable bonds is 1. The summed E-state index contributed by atoms with van der Waals surface area (Å²) in [5.41, 5.74) is 0.657. The van der Waals surface area contributed by atoms with Crippen molar-refractivity contribution in [2.24, 2.45) is 0 Å². The van der Waals surface area contributed by atoms with Crippen molar-refractivity contribution in [2.75, 3.05) is 0 Å². The summed E-state index contributed by atoms with van der Waals surface area (Å²) >= 11 is 1.56. The van der Waals surface area contributed by atoms with Crippen LogP contribution in [0.2, 0.25) is 0 Å². The van der Waals surface area contributed by atoms with Crippen molar-refractivity contribution in [1.82, 2.24) is 4.98 Å². The Morgan fingerprint density at radius 1 is 1.19 bits per heavy atom. The molecule has 0 spiro atoms. The van der Waals surface area contributed by atoms with Gasteiger partial charge in [0.15, 0.2) is 0 Å². The molecule has 0 radical (unpaired) electrons. The predicted octanol–water partition coefficient (Wildman–Crippen LogP) is 4.25. The van der Waals surface area contributed by atoms with Crippen LogP contribution in [0.15, 0.2) is 30.5 Å². The predicted molar refractivity (Wildman–Crippen MR) is 66.2 cm³/mol. The molecule has 1 heterocycles. The maximum absolute atomic E-state index is 13.5. The van der Waals surface area contributed by atoms with E-state index < -0.39 is 0 Å². The van der Waals surface area contributed by atoms with E-state index in [0.29, 0.717) is 5.56 Å². The molecule has 2 aromatic rings. The Morgan fingerprint density at radius 3 is 2.44 bits per heavy atom. The van der Waals surface area contributed by atoms with E-state index in [4.69, 9.17) is 0 Å². The lowest BCUT2D eigenvalue weighted by atomic mass is 9.96. The fraction of sp³-hybridized carbons (Fsp3) is 0.308. The number of hydrogen-bond acceptors (Lipinski definition) is 2. The highest BCUT2D eigenvalue weighted by molar-refractivity contribution is 7.15. The van der Waals surface area contributed by atoms with Crippen molar-refractivity contribution in [2.45, 2.75) is 26.2 Å². The summed E-state index contributed by atoms with van der Waals surface area (Å²) in [4.78, 5) is 5.46. The highest BCUT2D eigenvalue weighted by atomic mass is 32.1. The van der Waals surface area contributed by atoms with Crippen LogP contribution in [0.5, 0.6) is 0 Å². The van der Waals surface area contributed by atoms with Crippen LogP contribution in [0.3, 0.4) is 0 Å². The van der Waals surface area contributed by atoms with Crippen LogP contribution in [-0.4, -0.2) is 4.98 Å². The van der Waals surface area contributed by atoms with E-state index in [2.05, 4.69) is 25.8 Å². The number of thiazole rings is 1. The summed E-state index contributed by atoms with van der Waals surface area (Å²) in [5.74, 6) is -0.211. The Balaban J connectivity index is 2.44. The monoisotopic (exact) mass is 235 g/mol. The van der Waals surface area contributed by atoms with Gasteiger partial charge in [-0.2, -0.15) is 0 Å². The normalized spacial score (nSPS) is 11.8. The zero-order chi connectivity index (χ0) is 11.8. The first-order valence-electron chi connectivity index (χ1n) is 5.20. The third-order valence-corrected chi connectivity index (χ3v) is 3.81. The van der Waals surface area contributed by atoms with Gasteiger partial charge in [0.25, 0.3) is 0 Å². The zero-order valence-corrected chi connectivity index (χ0v) is 10.4. The van der Waals surface area contributed by atoms with Gasteiger partial charge in [0.05, 0.1) is 0 Å². The van der Waals surface area contributed by atoms with Gasteiger partial charge in [-0.05, 0) is 17.5 Å². The molecule has 1 aromatic heterocycles. The maximum atomic E-state index is 13.5. The number of halogens is 1. The van der Waals surface area contributed by atoms with E-state index in [-0.39, 0.29) is 11.2 Å². The standard InChI is InChI=1S/C13H14FNS/c1-13(2,3)11-8-15-12(16-11)9-6-4-5-7-10(9)14/h4-8H,1-3H3. The molecule has 0 unspecified atom stereocenters. The summed E-state index contributed by atoms with van der Waals surface area (Å²) in [7, 11) is 0. The smallest absolute Gasteiger partial charge is 0.133 e. The lowest BCUT2D eigenvalue weighted by Crippen LogP contribution is -2.07. The Kier molecular flexibility index (Phi) is 2.80. The molecular weight excluding hydrogens is 221 g/mol. The van der Waals surface area contributed by atoms with E-state index in [1.54, 1.807) is 23.5 Å². The Morgan fingerprint density at radius 2 is 1.88 bits per heavy atom. The summed E-state index contributed by atoms with van der Waals surface area (Å²) in [5, 5.41) is 0.753. The third kappa shape index (κ3) is 2.14. The minimum Gasteiger partial charge on any atom is -0.244 e. The first kappa shape index (κ1) is 11.3. The van der Waals surface area contributed by atoms with Crippen molar-refractivity contribution in [1.29, 1.82) is 0 Å². The van der Waals surface area contributed by atoms with Gasteiger partial charge in [0.2, 0.25) is 0 Å². The fourth-order valence-corrected chi connectivity index (χ4v) is 2.38. The van der Waals surface area contributed by atoms with Gasteiger partial charge < -0.3 is 0 Å². The molecule has 0 saturated carbocycles. The molecule has 0 aliphatic rings. The second-order valence-electron chi connectivity index (χ2n) is 4.76. The molecule has 3 heteroatoms. The van der Waals surface area contributed by atoms with Gasteiger partial charge in [-0.1, -0.05) is 32.9 Å². The van der Waals surface area contributed by atoms with Crippen LogP contribution in [0, 0.1) is 5.82 Å². The van der Waals surface area contributed by atoms with Crippen LogP contribution in [0.1, 0.15) is 25.6 Å². The van der Waals surface area contributed by atoms with Crippen molar-refractivity contribution >= 4 is 11.3 Å². The molecule has 0 aliphatic heterocycles. The lowest BCUT2D eigenvalue weighted by molar-refractivity contribution is 0.602. The third-order valence-electron chi connectivity index (χ3n) is 2.35. The number of aromatic nitrogens is 1. The van der Waals surface area contributed by atoms with Crippen LogP contribution < -0.4 is 0 Å². The Bertz CT molecular complexity index is 497. The molecule has 0 aliphatic carbocycles. The van der Waals surface area contributed by atoms with E-state index in [9.17, 15) is 4.39 Å². The lowest BCUT2D eigenvalue weighted by Gasteiger charge is -2.14. The molecule has 0 atom stereocenters. The highest BCUT2D eigenvalue weighted by Crippen LogP contribution is 2.33. The molecule has 0 N–H and O–H groups in total. The molecule has 1 nitrogen and oxygen atoms in total. The summed E-state index contributed by atoms with van der Waals surface area (Å²) in [6.07, 6.45) is 1.84. The second kappa shape index (κ2) is 3.98. The molecule has 0 saturated heterocycles. The van der Waals surface area contributed by atoms with Crippen molar-refractivity contribution in [3.8, 4) is 10.6 Å². The Labute approximate surface area is 99.0 Å². The van der Waals surface area contributed by atoms with Gasteiger partial charge in [-0.15, -0.1) is 11.3 Å². The van der Waals surface area contributed by atoms with Gasteiger partial charge >= 0.3 is 0 Å². The topological polar surface area (TPSA) is 12.9 Å². The van der Waals surface area contributed by atoms with Crippen LogP contribution in [-0.2, 0) is 5.41 Å². The van der Waals surface area contributed by atoms with Crippen LogP contribution in [0.4, 0.5) is 4.39 Å². The summed E-state index contributed by atoms with van der Waals surface area (Å²) in [6, 6.07) is 6.75. The van der Waals surface area contributed by atoms with E-state index >= 15 is 0 Å². The summed E-state index contributed by atoms with van der Waals surface area (Å²) < 4.78 is 13.5.